The largest absolute Gasteiger partial charge is 0.440 e. The molecule has 0 aliphatic carbocycles. The maximum atomic E-state index is 13.3. The van der Waals surface area contributed by atoms with Gasteiger partial charge in [0, 0.05) is 23.2 Å². The van der Waals surface area contributed by atoms with Crippen LogP contribution in [-0.2, 0) is 9.84 Å². The third-order valence-corrected chi connectivity index (χ3v) is 5.23. The number of nitrogens with two attached hydrogens (primary N) is 1. The Balaban J connectivity index is 2.09. The van der Waals surface area contributed by atoms with Crippen LogP contribution in [0, 0.1) is 0 Å². The fourth-order valence-electron chi connectivity index (χ4n) is 2.70. The number of alkyl halides is 3. The number of rotatable bonds is 3. The van der Waals surface area contributed by atoms with E-state index in [0.29, 0.717) is 11.3 Å². The first-order valence-electron chi connectivity index (χ1n) is 7.73. The molecule has 0 saturated carbocycles. The highest BCUT2D eigenvalue weighted by Gasteiger charge is 2.58. The average Bonchev–Trinajstić information content (AvgIpc) is 2.93. The molecule has 1 unspecified atom stereocenters. The number of sulfone groups is 1. The second kappa shape index (κ2) is 6.24. The Labute approximate surface area is 153 Å². The van der Waals surface area contributed by atoms with Gasteiger partial charge in [-0.3, -0.25) is 0 Å². The molecule has 0 spiro atoms. The minimum Gasteiger partial charge on any atom is -0.399 e. The smallest absolute Gasteiger partial charge is 0.399 e. The van der Waals surface area contributed by atoms with E-state index >= 15 is 0 Å². The molecule has 0 saturated heterocycles. The summed E-state index contributed by atoms with van der Waals surface area (Å²) in [6.45, 7) is -0.862. The zero-order valence-electron chi connectivity index (χ0n) is 14.1. The zero-order valence-corrected chi connectivity index (χ0v) is 14.9. The number of benzene rings is 2. The summed E-state index contributed by atoms with van der Waals surface area (Å²) >= 11 is 0. The van der Waals surface area contributed by atoms with Gasteiger partial charge in [-0.25, -0.2) is 13.4 Å². The van der Waals surface area contributed by atoms with Crippen LogP contribution in [0.4, 0.5) is 24.5 Å². The lowest BCUT2D eigenvalue weighted by Crippen LogP contribution is -2.47. The molecule has 1 aliphatic heterocycles. The lowest BCUT2D eigenvalue weighted by molar-refractivity contribution is -0.249. The van der Waals surface area contributed by atoms with Crippen molar-refractivity contribution in [1.82, 2.24) is 0 Å². The molecule has 6 nitrogen and oxygen atoms in total. The van der Waals surface area contributed by atoms with Crippen molar-refractivity contribution in [1.29, 1.82) is 0 Å². The predicted molar refractivity (Wildman–Crippen MR) is 95.3 cm³/mol. The summed E-state index contributed by atoms with van der Waals surface area (Å²) in [7, 11) is -3.46. The summed E-state index contributed by atoms with van der Waals surface area (Å²) in [5.41, 5.74) is 3.29. The van der Waals surface area contributed by atoms with Crippen molar-refractivity contribution in [2.24, 2.45) is 4.99 Å². The SMILES string of the molecule is CS(=O)(=O)c1ccc(N2CC(O)(C(F)(F)F)N=C2c2cccc(N)c2)cc1. The van der Waals surface area contributed by atoms with E-state index < -0.39 is 28.3 Å². The topological polar surface area (TPSA) is 96.0 Å². The van der Waals surface area contributed by atoms with Crippen LogP contribution >= 0.6 is 0 Å². The maximum Gasteiger partial charge on any atom is 0.440 e. The van der Waals surface area contributed by atoms with Crippen molar-refractivity contribution >= 4 is 27.0 Å². The molecule has 2 aromatic carbocycles. The number of nitrogens with zero attached hydrogens (tertiary/aromatic N) is 2. The third-order valence-electron chi connectivity index (χ3n) is 4.10. The molecule has 3 rings (SSSR count). The Morgan fingerprint density at radius 2 is 1.81 bits per heavy atom. The first kappa shape index (κ1) is 19.2. The number of hydrogen-bond acceptors (Lipinski definition) is 6. The number of nitrogen functional groups attached to an aromatic ring is 1. The van der Waals surface area contributed by atoms with Crippen LogP contribution in [0.3, 0.4) is 0 Å². The number of aliphatic hydroxyl groups is 1. The fourth-order valence-corrected chi connectivity index (χ4v) is 3.33. The third kappa shape index (κ3) is 3.62. The van der Waals surface area contributed by atoms with Crippen molar-refractivity contribution in [3.8, 4) is 0 Å². The summed E-state index contributed by atoms with van der Waals surface area (Å²) in [5.74, 6) is -0.116. The van der Waals surface area contributed by atoms with Gasteiger partial charge in [-0.05, 0) is 36.4 Å². The molecule has 3 N–H and O–H groups in total. The molecule has 0 radical (unpaired) electrons. The summed E-state index contributed by atoms with van der Waals surface area (Å²) in [6.07, 6.45) is -3.96. The van der Waals surface area contributed by atoms with Crippen LogP contribution in [0.2, 0.25) is 0 Å². The summed E-state index contributed by atoms with van der Waals surface area (Å²) in [5, 5.41) is 10.1. The standard InChI is InChI=1S/C17H16F3N3O3S/c1-27(25,26)14-7-5-13(6-8-14)23-10-16(24,17(18,19)20)22-15(23)11-3-2-4-12(21)9-11/h2-9,24H,10,21H2,1H3. The van der Waals surface area contributed by atoms with Gasteiger partial charge in [0.25, 0.3) is 5.72 Å². The monoisotopic (exact) mass is 399 g/mol. The number of anilines is 2. The molecule has 27 heavy (non-hydrogen) atoms. The van der Waals surface area contributed by atoms with Crippen LogP contribution in [0.15, 0.2) is 58.4 Å². The van der Waals surface area contributed by atoms with Gasteiger partial charge in [0.1, 0.15) is 5.84 Å². The number of halogens is 3. The molecule has 1 atom stereocenters. The van der Waals surface area contributed by atoms with Crippen LogP contribution in [0.1, 0.15) is 5.56 Å². The van der Waals surface area contributed by atoms with Crippen molar-refractivity contribution in [2.45, 2.75) is 16.8 Å². The second-order valence-corrected chi connectivity index (χ2v) is 8.24. The lowest BCUT2D eigenvalue weighted by Gasteiger charge is -2.25. The highest BCUT2D eigenvalue weighted by Crippen LogP contribution is 2.39. The van der Waals surface area contributed by atoms with Crippen LogP contribution < -0.4 is 10.6 Å². The zero-order chi connectivity index (χ0) is 20.0. The molecule has 0 bridgehead atoms. The minimum absolute atomic E-state index is 0.0268. The normalized spacial score (nSPS) is 20.6. The van der Waals surface area contributed by atoms with Crippen LogP contribution in [0.5, 0.6) is 0 Å². The van der Waals surface area contributed by atoms with E-state index in [1.807, 2.05) is 0 Å². The molecular formula is C17H16F3N3O3S. The van der Waals surface area contributed by atoms with Crippen molar-refractivity contribution in [3.05, 3.63) is 54.1 Å². The number of amidine groups is 1. The number of hydrogen-bond donors (Lipinski definition) is 2. The Morgan fingerprint density at radius 1 is 1.19 bits per heavy atom. The number of aliphatic imine (C=N–C) groups is 1. The fraction of sp³-hybridized carbons (Fsp3) is 0.235. The van der Waals surface area contributed by atoms with E-state index in [4.69, 9.17) is 5.73 Å². The molecule has 10 heteroatoms. The number of β-amino-alcohol motifs (C(OH)–C–C–N with tert-alkyl or cyclic N) is 1. The van der Waals surface area contributed by atoms with E-state index in [9.17, 15) is 26.7 Å². The predicted octanol–water partition coefficient (Wildman–Crippen LogP) is 2.19. The average molecular weight is 399 g/mol. The highest BCUT2D eigenvalue weighted by atomic mass is 32.2. The van der Waals surface area contributed by atoms with Crippen LogP contribution in [0.25, 0.3) is 0 Å². The quantitative estimate of drug-likeness (QED) is 0.772. The van der Waals surface area contributed by atoms with E-state index in [1.165, 1.54) is 41.3 Å². The Morgan fingerprint density at radius 3 is 2.33 bits per heavy atom. The van der Waals surface area contributed by atoms with Crippen molar-refractivity contribution in [2.75, 3.05) is 23.4 Å². The molecule has 0 aromatic heterocycles. The minimum atomic E-state index is -4.99. The van der Waals surface area contributed by atoms with E-state index in [-0.39, 0.29) is 16.4 Å². The lowest BCUT2D eigenvalue weighted by atomic mass is 10.1. The summed E-state index contributed by atoms with van der Waals surface area (Å²) in [6, 6.07) is 11.4. The Bertz CT molecular complexity index is 1000. The van der Waals surface area contributed by atoms with Gasteiger partial charge in [0.15, 0.2) is 9.84 Å². The van der Waals surface area contributed by atoms with Gasteiger partial charge < -0.3 is 15.7 Å². The van der Waals surface area contributed by atoms with Gasteiger partial charge in [0.05, 0.1) is 11.4 Å². The van der Waals surface area contributed by atoms with Crippen molar-refractivity contribution < 1.29 is 26.7 Å². The molecule has 144 valence electrons. The summed E-state index contributed by atoms with van der Waals surface area (Å²) in [4.78, 5) is 4.73. The summed E-state index contributed by atoms with van der Waals surface area (Å²) < 4.78 is 63.2. The molecular weight excluding hydrogens is 383 g/mol. The molecule has 1 heterocycles. The van der Waals surface area contributed by atoms with Gasteiger partial charge in [-0.2, -0.15) is 13.2 Å². The van der Waals surface area contributed by atoms with E-state index in [2.05, 4.69) is 4.99 Å². The first-order valence-corrected chi connectivity index (χ1v) is 9.62. The van der Waals surface area contributed by atoms with Gasteiger partial charge in [-0.15, -0.1) is 0 Å². The Kier molecular flexibility index (Phi) is 4.43. The van der Waals surface area contributed by atoms with Crippen molar-refractivity contribution in [3.63, 3.8) is 0 Å². The molecule has 1 aliphatic rings. The molecule has 0 amide bonds. The van der Waals surface area contributed by atoms with E-state index in [0.717, 1.165) is 6.26 Å². The second-order valence-electron chi connectivity index (χ2n) is 6.23. The van der Waals surface area contributed by atoms with Crippen LogP contribution in [-0.4, -0.2) is 44.1 Å². The van der Waals surface area contributed by atoms with Gasteiger partial charge >= 0.3 is 6.18 Å². The van der Waals surface area contributed by atoms with E-state index in [1.54, 1.807) is 12.1 Å². The first-order chi connectivity index (χ1) is 12.4. The van der Waals surface area contributed by atoms with Gasteiger partial charge in [0.2, 0.25) is 0 Å². The Hall–Kier alpha value is -2.59. The maximum absolute atomic E-state index is 13.3. The molecule has 0 fully saturated rings. The van der Waals surface area contributed by atoms with Gasteiger partial charge in [-0.1, -0.05) is 12.1 Å². The highest BCUT2D eigenvalue weighted by molar-refractivity contribution is 7.90. The molecule has 2 aromatic rings.